The van der Waals surface area contributed by atoms with Crippen LogP contribution in [0.1, 0.15) is 45.4 Å². The molecule has 1 atom stereocenters. The molecule has 2 rings (SSSR count). The van der Waals surface area contributed by atoms with Gasteiger partial charge in [0.05, 0.1) is 0 Å². The van der Waals surface area contributed by atoms with Gasteiger partial charge in [0.2, 0.25) is 0 Å². The van der Waals surface area contributed by atoms with Crippen LogP contribution in [0.4, 0.5) is 0 Å². The van der Waals surface area contributed by atoms with Crippen molar-refractivity contribution in [3.05, 3.63) is 0 Å². The molecule has 0 bridgehead atoms. The van der Waals surface area contributed by atoms with Crippen molar-refractivity contribution in [1.82, 2.24) is 10.6 Å². The topological polar surface area (TPSA) is 24.1 Å². The highest BCUT2D eigenvalue weighted by Gasteiger charge is 2.22. The maximum atomic E-state index is 3.77. The third-order valence-corrected chi connectivity index (χ3v) is 4.29. The van der Waals surface area contributed by atoms with Crippen molar-refractivity contribution in [1.29, 1.82) is 0 Å². The molecular weight excluding hydrogens is 184 g/mol. The summed E-state index contributed by atoms with van der Waals surface area (Å²) in [6.07, 6.45) is 8.57. The summed E-state index contributed by atoms with van der Waals surface area (Å²) in [6, 6.07) is 0.752. The van der Waals surface area contributed by atoms with E-state index >= 15 is 0 Å². The van der Waals surface area contributed by atoms with Gasteiger partial charge in [-0.1, -0.05) is 12.8 Å². The molecule has 2 fully saturated rings. The Morgan fingerprint density at radius 2 is 1.80 bits per heavy atom. The molecule has 0 aromatic rings. The Hall–Kier alpha value is -0.0800. The second-order valence-corrected chi connectivity index (χ2v) is 5.43. The molecule has 88 valence electrons. The predicted molar refractivity (Wildman–Crippen MR) is 65.0 cm³/mol. The summed E-state index contributed by atoms with van der Waals surface area (Å²) in [5.41, 5.74) is 0. The molecule has 0 aromatic carbocycles. The van der Waals surface area contributed by atoms with E-state index in [1.54, 1.807) is 0 Å². The molecule has 1 saturated carbocycles. The Kier molecular flexibility index (Phi) is 4.45. The Morgan fingerprint density at radius 1 is 1.13 bits per heavy atom. The average molecular weight is 210 g/mol. The molecular formula is C13H26N2. The smallest absolute Gasteiger partial charge is 0.00671 e. The van der Waals surface area contributed by atoms with Gasteiger partial charge in [-0.15, -0.1) is 0 Å². The van der Waals surface area contributed by atoms with Gasteiger partial charge in [-0.2, -0.15) is 0 Å². The Balaban J connectivity index is 1.63. The van der Waals surface area contributed by atoms with Crippen molar-refractivity contribution in [3.8, 4) is 0 Å². The second kappa shape index (κ2) is 5.86. The Labute approximate surface area is 94.2 Å². The maximum absolute atomic E-state index is 3.77. The fourth-order valence-corrected chi connectivity index (χ4v) is 3.06. The van der Waals surface area contributed by atoms with Gasteiger partial charge in [0.15, 0.2) is 0 Å². The summed E-state index contributed by atoms with van der Waals surface area (Å²) < 4.78 is 0. The van der Waals surface area contributed by atoms with Crippen molar-refractivity contribution in [2.45, 2.75) is 51.5 Å². The standard InChI is InChI=1S/C13H26N2/c1-11(13-4-2-3-5-13)15-10-12-6-8-14-9-7-12/h11-15H,2-10H2,1H3/t11-/m0/s1. The number of hydrogen-bond acceptors (Lipinski definition) is 2. The zero-order chi connectivity index (χ0) is 10.5. The molecule has 2 nitrogen and oxygen atoms in total. The first kappa shape index (κ1) is 11.4. The molecule has 1 aliphatic heterocycles. The van der Waals surface area contributed by atoms with E-state index in [9.17, 15) is 0 Å². The molecule has 2 aliphatic rings. The molecule has 1 aliphatic carbocycles. The van der Waals surface area contributed by atoms with E-state index in [0.29, 0.717) is 0 Å². The lowest BCUT2D eigenvalue weighted by Gasteiger charge is -2.27. The molecule has 0 unspecified atom stereocenters. The van der Waals surface area contributed by atoms with Crippen LogP contribution in [0, 0.1) is 11.8 Å². The van der Waals surface area contributed by atoms with Crippen molar-refractivity contribution < 1.29 is 0 Å². The average Bonchev–Trinajstić information content (AvgIpc) is 2.81. The van der Waals surface area contributed by atoms with E-state index < -0.39 is 0 Å². The van der Waals surface area contributed by atoms with E-state index in [2.05, 4.69) is 17.6 Å². The first-order chi connectivity index (χ1) is 7.36. The lowest BCUT2D eigenvalue weighted by molar-refractivity contribution is 0.310. The van der Waals surface area contributed by atoms with Crippen LogP contribution in [-0.2, 0) is 0 Å². The van der Waals surface area contributed by atoms with E-state index in [1.807, 2.05) is 0 Å². The largest absolute Gasteiger partial charge is 0.317 e. The summed E-state index contributed by atoms with van der Waals surface area (Å²) in [5.74, 6) is 1.89. The van der Waals surface area contributed by atoms with Crippen molar-refractivity contribution >= 4 is 0 Å². The van der Waals surface area contributed by atoms with Gasteiger partial charge >= 0.3 is 0 Å². The number of piperidine rings is 1. The van der Waals surface area contributed by atoms with Crippen LogP contribution in [0.3, 0.4) is 0 Å². The Bertz CT molecular complexity index is 169. The number of hydrogen-bond donors (Lipinski definition) is 2. The quantitative estimate of drug-likeness (QED) is 0.743. The molecule has 2 N–H and O–H groups in total. The molecule has 0 spiro atoms. The van der Waals surface area contributed by atoms with Gasteiger partial charge < -0.3 is 10.6 Å². The molecule has 1 saturated heterocycles. The van der Waals surface area contributed by atoms with Crippen LogP contribution in [0.15, 0.2) is 0 Å². The fourth-order valence-electron chi connectivity index (χ4n) is 3.06. The minimum atomic E-state index is 0.752. The van der Waals surface area contributed by atoms with Crippen LogP contribution in [0.25, 0.3) is 0 Å². The van der Waals surface area contributed by atoms with Gasteiger partial charge in [0, 0.05) is 6.04 Å². The monoisotopic (exact) mass is 210 g/mol. The summed E-state index contributed by atoms with van der Waals surface area (Å²) in [6.45, 7) is 6.09. The number of nitrogens with one attached hydrogen (secondary N) is 2. The van der Waals surface area contributed by atoms with Gasteiger partial charge in [-0.05, 0) is 64.1 Å². The fraction of sp³-hybridized carbons (Fsp3) is 1.00. The maximum Gasteiger partial charge on any atom is 0.00671 e. The lowest BCUT2D eigenvalue weighted by Crippen LogP contribution is -2.39. The summed E-state index contributed by atoms with van der Waals surface area (Å²) >= 11 is 0. The molecule has 2 heteroatoms. The summed E-state index contributed by atoms with van der Waals surface area (Å²) in [7, 11) is 0. The SMILES string of the molecule is C[C@H](NCC1CCNCC1)C1CCCC1. The van der Waals surface area contributed by atoms with Crippen molar-refractivity contribution in [3.63, 3.8) is 0 Å². The highest BCUT2D eigenvalue weighted by atomic mass is 14.9. The lowest BCUT2D eigenvalue weighted by atomic mass is 9.95. The van der Waals surface area contributed by atoms with Crippen molar-refractivity contribution in [2.75, 3.05) is 19.6 Å². The van der Waals surface area contributed by atoms with E-state index in [0.717, 1.165) is 17.9 Å². The predicted octanol–water partition coefficient (Wildman–Crippen LogP) is 2.15. The van der Waals surface area contributed by atoms with E-state index in [4.69, 9.17) is 0 Å². The zero-order valence-corrected chi connectivity index (χ0v) is 10.1. The normalized spacial score (nSPS) is 27.0. The second-order valence-electron chi connectivity index (χ2n) is 5.43. The zero-order valence-electron chi connectivity index (χ0n) is 10.1. The first-order valence-corrected chi connectivity index (χ1v) is 6.80. The first-order valence-electron chi connectivity index (χ1n) is 6.80. The van der Waals surface area contributed by atoms with Crippen LogP contribution in [0.5, 0.6) is 0 Å². The van der Waals surface area contributed by atoms with E-state index in [1.165, 1.54) is 58.2 Å². The molecule has 15 heavy (non-hydrogen) atoms. The number of rotatable bonds is 4. The molecule has 0 radical (unpaired) electrons. The third-order valence-electron chi connectivity index (χ3n) is 4.29. The van der Waals surface area contributed by atoms with Crippen LogP contribution >= 0.6 is 0 Å². The third kappa shape index (κ3) is 3.46. The van der Waals surface area contributed by atoms with Gasteiger partial charge in [0.25, 0.3) is 0 Å². The van der Waals surface area contributed by atoms with Crippen molar-refractivity contribution in [2.24, 2.45) is 11.8 Å². The Morgan fingerprint density at radius 3 is 2.47 bits per heavy atom. The molecule has 0 aromatic heterocycles. The van der Waals surface area contributed by atoms with E-state index in [-0.39, 0.29) is 0 Å². The summed E-state index contributed by atoms with van der Waals surface area (Å²) in [5, 5.41) is 7.20. The van der Waals surface area contributed by atoms with Crippen LogP contribution in [0.2, 0.25) is 0 Å². The molecule has 0 amide bonds. The summed E-state index contributed by atoms with van der Waals surface area (Å²) in [4.78, 5) is 0. The van der Waals surface area contributed by atoms with Crippen LogP contribution in [-0.4, -0.2) is 25.7 Å². The minimum Gasteiger partial charge on any atom is -0.317 e. The molecule has 1 heterocycles. The van der Waals surface area contributed by atoms with Gasteiger partial charge in [0.1, 0.15) is 0 Å². The highest BCUT2D eigenvalue weighted by molar-refractivity contribution is 4.79. The highest BCUT2D eigenvalue weighted by Crippen LogP contribution is 2.27. The van der Waals surface area contributed by atoms with Gasteiger partial charge in [-0.3, -0.25) is 0 Å². The van der Waals surface area contributed by atoms with Crippen LogP contribution < -0.4 is 10.6 Å². The van der Waals surface area contributed by atoms with Gasteiger partial charge in [-0.25, -0.2) is 0 Å². The minimum absolute atomic E-state index is 0.752.